The molecule has 1 amide bonds. The number of rotatable bonds is 9. The van der Waals surface area contributed by atoms with Crippen LogP contribution in [0.5, 0.6) is 0 Å². The Bertz CT molecular complexity index is 204. The highest BCUT2D eigenvalue weighted by Gasteiger charge is 2.15. The van der Waals surface area contributed by atoms with Crippen LogP contribution >= 0.6 is 0 Å². The fourth-order valence-corrected chi connectivity index (χ4v) is 1.78. The molecule has 17 heavy (non-hydrogen) atoms. The van der Waals surface area contributed by atoms with Crippen LogP contribution in [-0.4, -0.2) is 36.2 Å². The number of aliphatic hydroxyl groups excluding tert-OH is 1. The fourth-order valence-electron chi connectivity index (χ4n) is 1.78. The van der Waals surface area contributed by atoms with Crippen LogP contribution in [0.1, 0.15) is 47.0 Å². The maximum absolute atomic E-state index is 11.5. The standard InChI is InChI=1S/C13H28N2O2/c1-5-11(6-2)12(16)9-15-13(17)7-8-14-10(3)4/h10-12,14,16H,5-9H2,1-4H3,(H,15,17). The molecule has 4 nitrogen and oxygen atoms in total. The van der Waals surface area contributed by atoms with E-state index in [9.17, 15) is 9.90 Å². The first-order valence-corrected chi connectivity index (χ1v) is 6.69. The highest BCUT2D eigenvalue weighted by atomic mass is 16.3. The van der Waals surface area contributed by atoms with E-state index < -0.39 is 6.10 Å². The summed E-state index contributed by atoms with van der Waals surface area (Å²) in [5, 5.41) is 15.8. The van der Waals surface area contributed by atoms with E-state index in [1.54, 1.807) is 0 Å². The van der Waals surface area contributed by atoms with E-state index in [0.29, 0.717) is 25.6 Å². The van der Waals surface area contributed by atoms with Crippen LogP contribution in [0, 0.1) is 5.92 Å². The predicted molar refractivity (Wildman–Crippen MR) is 70.8 cm³/mol. The summed E-state index contributed by atoms with van der Waals surface area (Å²) >= 11 is 0. The minimum Gasteiger partial charge on any atom is -0.391 e. The molecule has 0 saturated heterocycles. The van der Waals surface area contributed by atoms with Crippen LogP contribution in [-0.2, 0) is 4.79 Å². The van der Waals surface area contributed by atoms with E-state index in [2.05, 4.69) is 38.3 Å². The van der Waals surface area contributed by atoms with Gasteiger partial charge in [-0.05, 0) is 5.92 Å². The topological polar surface area (TPSA) is 61.4 Å². The lowest BCUT2D eigenvalue weighted by molar-refractivity contribution is -0.121. The Morgan fingerprint density at radius 2 is 1.82 bits per heavy atom. The first-order chi connectivity index (χ1) is 8.01. The molecule has 0 heterocycles. The van der Waals surface area contributed by atoms with Gasteiger partial charge < -0.3 is 15.7 Å². The summed E-state index contributed by atoms with van der Waals surface area (Å²) in [6, 6.07) is 0.401. The average Bonchev–Trinajstić information content (AvgIpc) is 2.27. The maximum atomic E-state index is 11.5. The number of aliphatic hydroxyl groups is 1. The van der Waals surface area contributed by atoms with E-state index in [4.69, 9.17) is 0 Å². The molecule has 0 radical (unpaired) electrons. The second-order valence-electron chi connectivity index (χ2n) is 4.81. The Balaban J connectivity index is 3.68. The van der Waals surface area contributed by atoms with Crippen molar-refractivity contribution >= 4 is 5.91 Å². The van der Waals surface area contributed by atoms with Gasteiger partial charge in [-0.2, -0.15) is 0 Å². The lowest BCUT2D eigenvalue weighted by Crippen LogP contribution is -2.37. The number of hydrogen-bond donors (Lipinski definition) is 3. The zero-order valence-electron chi connectivity index (χ0n) is 11.6. The van der Waals surface area contributed by atoms with Crippen molar-refractivity contribution in [2.24, 2.45) is 5.92 Å². The predicted octanol–water partition coefficient (Wildman–Crippen LogP) is 1.29. The molecule has 4 heteroatoms. The molecule has 102 valence electrons. The van der Waals surface area contributed by atoms with Crippen LogP contribution in [0.25, 0.3) is 0 Å². The molecule has 0 rings (SSSR count). The molecular weight excluding hydrogens is 216 g/mol. The van der Waals surface area contributed by atoms with Crippen molar-refractivity contribution in [3.05, 3.63) is 0 Å². The highest BCUT2D eigenvalue weighted by Crippen LogP contribution is 2.12. The van der Waals surface area contributed by atoms with Crippen LogP contribution in [0.4, 0.5) is 0 Å². The van der Waals surface area contributed by atoms with Crippen molar-refractivity contribution in [1.82, 2.24) is 10.6 Å². The highest BCUT2D eigenvalue weighted by molar-refractivity contribution is 5.76. The summed E-state index contributed by atoms with van der Waals surface area (Å²) in [4.78, 5) is 11.5. The summed E-state index contributed by atoms with van der Waals surface area (Å²) in [6.07, 6.45) is 1.94. The molecule has 0 aromatic heterocycles. The molecule has 0 spiro atoms. The van der Waals surface area contributed by atoms with Crippen LogP contribution in [0.3, 0.4) is 0 Å². The fraction of sp³-hybridized carbons (Fsp3) is 0.923. The van der Waals surface area contributed by atoms with Crippen molar-refractivity contribution in [2.75, 3.05) is 13.1 Å². The van der Waals surface area contributed by atoms with Crippen molar-refractivity contribution in [1.29, 1.82) is 0 Å². The third-order valence-corrected chi connectivity index (χ3v) is 3.01. The van der Waals surface area contributed by atoms with Gasteiger partial charge in [0.2, 0.25) is 5.91 Å². The number of carbonyl (C=O) groups excluding carboxylic acids is 1. The largest absolute Gasteiger partial charge is 0.391 e. The van der Waals surface area contributed by atoms with E-state index in [1.165, 1.54) is 0 Å². The Morgan fingerprint density at radius 1 is 1.24 bits per heavy atom. The second kappa shape index (κ2) is 9.42. The van der Waals surface area contributed by atoms with Gasteiger partial charge in [0, 0.05) is 25.6 Å². The summed E-state index contributed by atoms with van der Waals surface area (Å²) in [5.41, 5.74) is 0. The monoisotopic (exact) mass is 244 g/mol. The summed E-state index contributed by atoms with van der Waals surface area (Å²) in [5.74, 6) is 0.284. The number of amides is 1. The number of nitrogens with one attached hydrogen (secondary N) is 2. The molecule has 1 unspecified atom stereocenters. The minimum absolute atomic E-state index is 0.00292. The Kier molecular flexibility index (Phi) is 9.09. The Morgan fingerprint density at radius 3 is 2.29 bits per heavy atom. The molecule has 0 fully saturated rings. The van der Waals surface area contributed by atoms with Gasteiger partial charge in [-0.25, -0.2) is 0 Å². The van der Waals surface area contributed by atoms with Crippen LogP contribution in [0.2, 0.25) is 0 Å². The van der Waals surface area contributed by atoms with E-state index in [1.807, 2.05) is 0 Å². The van der Waals surface area contributed by atoms with Gasteiger partial charge in [0.25, 0.3) is 0 Å². The van der Waals surface area contributed by atoms with Crippen molar-refractivity contribution < 1.29 is 9.90 Å². The normalized spacial score (nSPS) is 13.1. The lowest BCUT2D eigenvalue weighted by atomic mass is 9.96. The molecule has 0 aliphatic heterocycles. The lowest BCUT2D eigenvalue weighted by Gasteiger charge is -2.20. The van der Waals surface area contributed by atoms with Gasteiger partial charge in [-0.1, -0.05) is 40.5 Å². The van der Waals surface area contributed by atoms with E-state index in [0.717, 1.165) is 12.8 Å². The molecule has 0 aliphatic carbocycles. The Hall–Kier alpha value is -0.610. The van der Waals surface area contributed by atoms with Crippen LogP contribution in [0.15, 0.2) is 0 Å². The zero-order chi connectivity index (χ0) is 13.3. The Labute approximate surface area is 105 Å². The summed E-state index contributed by atoms with van der Waals surface area (Å²) < 4.78 is 0. The van der Waals surface area contributed by atoms with Gasteiger partial charge in [-0.15, -0.1) is 0 Å². The third-order valence-electron chi connectivity index (χ3n) is 3.01. The first kappa shape index (κ1) is 16.4. The minimum atomic E-state index is -0.424. The van der Waals surface area contributed by atoms with E-state index in [-0.39, 0.29) is 11.8 Å². The van der Waals surface area contributed by atoms with Crippen molar-refractivity contribution in [3.63, 3.8) is 0 Å². The van der Waals surface area contributed by atoms with Gasteiger partial charge in [0.1, 0.15) is 0 Å². The van der Waals surface area contributed by atoms with Gasteiger partial charge >= 0.3 is 0 Å². The molecule has 0 bridgehead atoms. The zero-order valence-corrected chi connectivity index (χ0v) is 11.6. The molecule has 3 N–H and O–H groups in total. The third kappa shape index (κ3) is 8.16. The van der Waals surface area contributed by atoms with Crippen molar-refractivity contribution in [2.45, 2.75) is 59.1 Å². The smallest absolute Gasteiger partial charge is 0.221 e. The van der Waals surface area contributed by atoms with Gasteiger partial charge in [0.05, 0.1) is 6.10 Å². The SMILES string of the molecule is CCC(CC)C(O)CNC(=O)CCNC(C)C. The summed E-state index contributed by atoms with van der Waals surface area (Å²) in [7, 11) is 0. The summed E-state index contributed by atoms with van der Waals surface area (Å²) in [6.45, 7) is 9.28. The van der Waals surface area contributed by atoms with Crippen LogP contribution < -0.4 is 10.6 Å². The van der Waals surface area contributed by atoms with E-state index >= 15 is 0 Å². The first-order valence-electron chi connectivity index (χ1n) is 6.69. The van der Waals surface area contributed by atoms with Gasteiger partial charge in [-0.3, -0.25) is 4.79 Å². The van der Waals surface area contributed by atoms with Gasteiger partial charge in [0.15, 0.2) is 0 Å². The number of hydrogen-bond acceptors (Lipinski definition) is 3. The quantitative estimate of drug-likeness (QED) is 0.573. The number of carbonyl (C=O) groups is 1. The maximum Gasteiger partial charge on any atom is 0.221 e. The molecule has 0 aromatic carbocycles. The molecule has 0 aromatic rings. The average molecular weight is 244 g/mol. The molecule has 0 saturated carbocycles. The van der Waals surface area contributed by atoms with Crippen molar-refractivity contribution in [3.8, 4) is 0 Å². The molecule has 0 aliphatic rings. The molecule has 1 atom stereocenters. The second-order valence-corrected chi connectivity index (χ2v) is 4.81. The molecular formula is C13H28N2O2.